The first-order valence-electron chi connectivity index (χ1n) is 6.70. The third kappa shape index (κ3) is 3.53. The number of aromatic nitrogens is 2. The van der Waals surface area contributed by atoms with Crippen molar-refractivity contribution < 1.29 is 22.5 Å². The highest BCUT2D eigenvalue weighted by Gasteiger charge is 2.25. The van der Waals surface area contributed by atoms with E-state index in [0.29, 0.717) is 0 Å². The van der Waals surface area contributed by atoms with Crippen molar-refractivity contribution in [3.8, 4) is 0 Å². The van der Waals surface area contributed by atoms with Gasteiger partial charge in [0, 0.05) is 30.8 Å². The van der Waals surface area contributed by atoms with Crippen molar-refractivity contribution in [3.05, 3.63) is 36.2 Å². The SMILES string of the molecule is O=C(NN=Cc1cccc2nccnc12)[C@@H]1CCC[NH2+]1.[Cl-]. The molecule has 1 aliphatic rings. The Morgan fingerprint density at radius 2 is 2.24 bits per heavy atom. The molecule has 0 aliphatic carbocycles. The van der Waals surface area contributed by atoms with E-state index in [1.165, 1.54) is 0 Å². The number of hydrazone groups is 1. The van der Waals surface area contributed by atoms with E-state index in [9.17, 15) is 4.79 Å². The lowest BCUT2D eigenvalue weighted by Gasteiger charge is -2.04. The third-order valence-corrected chi connectivity index (χ3v) is 3.42. The van der Waals surface area contributed by atoms with Crippen LogP contribution >= 0.6 is 0 Å². The Bertz CT molecular complexity index is 649. The average Bonchev–Trinajstić information content (AvgIpc) is 3.02. The smallest absolute Gasteiger partial charge is 0.298 e. The number of hydrogen-bond donors (Lipinski definition) is 2. The zero-order chi connectivity index (χ0) is 13.8. The summed E-state index contributed by atoms with van der Waals surface area (Å²) in [5.74, 6) is -0.0370. The zero-order valence-electron chi connectivity index (χ0n) is 11.4. The fourth-order valence-corrected chi connectivity index (χ4v) is 2.38. The molecule has 1 atom stereocenters. The van der Waals surface area contributed by atoms with E-state index in [4.69, 9.17) is 0 Å². The molecule has 2 heterocycles. The summed E-state index contributed by atoms with van der Waals surface area (Å²) in [6, 6.07) is 5.69. The number of para-hydroxylation sites is 1. The number of amides is 1. The van der Waals surface area contributed by atoms with Gasteiger partial charge in [0.1, 0.15) is 0 Å². The van der Waals surface area contributed by atoms with Crippen LogP contribution in [0.3, 0.4) is 0 Å². The van der Waals surface area contributed by atoms with Crippen LogP contribution in [0, 0.1) is 0 Å². The van der Waals surface area contributed by atoms with Gasteiger partial charge in [-0.1, -0.05) is 12.1 Å². The first-order chi connectivity index (χ1) is 9.84. The van der Waals surface area contributed by atoms with Crippen LogP contribution in [-0.4, -0.2) is 34.7 Å². The van der Waals surface area contributed by atoms with Gasteiger partial charge in [0.2, 0.25) is 0 Å². The maximum Gasteiger partial charge on any atom is 0.298 e. The molecule has 1 aromatic carbocycles. The first-order valence-corrected chi connectivity index (χ1v) is 6.70. The molecule has 6 nitrogen and oxygen atoms in total. The maximum atomic E-state index is 11.8. The van der Waals surface area contributed by atoms with Crippen LogP contribution in [0.5, 0.6) is 0 Å². The Balaban J connectivity index is 0.00000161. The van der Waals surface area contributed by atoms with Gasteiger partial charge in [0.15, 0.2) is 6.04 Å². The molecule has 21 heavy (non-hydrogen) atoms. The summed E-state index contributed by atoms with van der Waals surface area (Å²) in [7, 11) is 0. The van der Waals surface area contributed by atoms with Gasteiger partial charge in [0.05, 0.1) is 23.8 Å². The summed E-state index contributed by atoms with van der Waals surface area (Å²) < 4.78 is 0. The summed E-state index contributed by atoms with van der Waals surface area (Å²) in [6.07, 6.45) is 6.92. The molecule has 0 radical (unpaired) electrons. The molecule has 0 saturated carbocycles. The Hall–Kier alpha value is -2.05. The van der Waals surface area contributed by atoms with E-state index in [1.54, 1.807) is 18.6 Å². The predicted molar refractivity (Wildman–Crippen MR) is 75.1 cm³/mol. The van der Waals surface area contributed by atoms with Crippen LogP contribution in [-0.2, 0) is 4.79 Å². The Labute approximate surface area is 128 Å². The number of carbonyl (C=O) groups excluding carboxylic acids is 1. The number of carbonyl (C=O) groups is 1. The molecule has 110 valence electrons. The van der Waals surface area contributed by atoms with Crippen molar-refractivity contribution in [1.29, 1.82) is 0 Å². The number of benzene rings is 1. The lowest BCUT2D eigenvalue weighted by atomic mass is 10.2. The van der Waals surface area contributed by atoms with Crippen molar-refractivity contribution in [2.45, 2.75) is 18.9 Å². The van der Waals surface area contributed by atoms with E-state index in [0.717, 1.165) is 36.0 Å². The van der Waals surface area contributed by atoms with E-state index < -0.39 is 0 Å². The van der Waals surface area contributed by atoms with Gasteiger partial charge < -0.3 is 17.7 Å². The molecule has 3 N–H and O–H groups in total. The number of nitrogens with zero attached hydrogens (tertiary/aromatic N) is 3. The van der Waals surface area contributed by atoms with E-state index >= 15 is 0 Å². The maximum absolute atomic E-state index is 11.8. The highest BCUT2D eigenvalue weighted by Crippen LogP contribution is 2.11. The zero-order valence-corrected chi connectivity index (χ0v) is 12.1. The fraction of sp³-hybridized carbons (Fsp3) is 0.286. The van der Waals surface area contributed by atoms with E-state index in [1.807, 2.05) is 23.5 Å². The average molecular weight is 306 g/mol. The standard InChI is InChI=1S/C14H15N5O.ClH/c20-14(12-5-2-6-15-12)19-18-9-10-3-1-4-11-13(10)17-8-7-16-11;/h1,3-4,7-9,12,15H,2,5-6H2,(H,19,20);1H/t12-;/m0./s1. The predicted octanol–water partition coefficient (Wildman–Crippen LogP) is -3.19. The Morgan fingerprint density at radius 3 is 3.05 bits per heavy atom. The normalized spacial score (nSPS) is 17.8. The molecule has 0 spiro atoms. The minimum atomic E-state index is -0.0370. The molecule has 1 amide bonds. The Kier molecular flexibility index (Phi) is 5.19. The summed E-state index contributed by atoms with van der Waals surface area (Å²) in [6.45, 7) is 1.01. The molecule has 2 aromatic rings. The first kappa shape index (κ1) is 15.3. The summed E-state index contributed by atoms with van der Waals surface area (Å²) in [4.78, 5) is 20.3. The van der Waals surface area contributed by atoms with Crippen molar-refractivity contribution >= 4 is 23.2 Å². The molecule has 1 fully saturated rings. The van der Waals surface area contributed by atoms with Crippen LogP contribution in [0.1, 0.15) is 18.4 Å². The number of nitrogens with one attached hydrogen (secondary N) is 1. The quantitative estimate of drug-likeness (QED) is 0.463. The van der Waals surface area contributed by atoms with Gasteiger partial charge in [-0.25, -0.2) is 5.43 Å². The summed E-state index contributed by atoms with van der Waals surface area (Å²) >= 11 is 0. The Morgan fingerprint density at radius 1 is 1.38 bits per heavy atom. The number of nitrogens with two attached hydrogens (primary N) is 1. The van der Waals surface area contributed by atoms with Crippen molar-refractivity contribution in [2.75, 3.05) is 6.54 Å². The number of rotatable bonds is 3. The monoisotopic (exact) mass is 305 g/mol. The second-order valence-electron chi connectivity index (χ2n) is 4.78. The number of hydrogen-bond acceptors (Lipinski definition) is 4. The molecular weight excluding hydrogens is 290 g/mol. The number of quaternary nitrogens is 1. The second-order valence-corrected chi connectivity index (χ2v) is 4.78. The van der Waals surface area contributed by atoms with Crippen LogP contribution in [0.2, 0.25) is 0 Å². The lowest BCUT2D eigenvalue weighted by Crippen LogP contribution is -3.00. The van der Waals surface area contributed by atoms with Crippen molar-refractivity contribution in [3.63, 3.8) is 0 Å². The molecule has 0 unspecified atom stereocenters. The molecule has 0 bridgehead atoms. The van der Waals surface area contributed by atoms with Crippen LogP contribution in [0.25, 0.3) is 11.0 Å². The molecule has 1 aliphatic heterocycles. The topological polar surface area (TPSA) is 83.9 Å². The third-order valence-electron chi connectivity index (χ3n) is 3.42. The van der Waals surface area contributed by atoms with Gasteiger partial charge in [-0.05, 0) is 6.07 Å². The van der Waals surface area contributed by atoms with E-state index in [-0.39, 0.29) is 24.4 Å². The molecule has 7 heteroatoms. The van der Waals surface area contributed by atoms with Gasteiger partial charge in [-0.2, -0.15) is 5.10 Å². The minimum Gasteiger partial charge on any atom is -1.00 e. The number of halogens is 1. The molecular formula is C14H16ClN5O. The molecule has 1 saturated heterocycles. The van der Waals surface area contributed by atoms with Gasteiger partial charge >= 0.3 is 0 Å². The lowest BCUT2D eigenvalue weighted by molar-refractivity contribution is -0.657. The second kappa shape index (κ2) is 7.10. The number of fused-ring (bicyclic) bond motifs is 1. The highest BCUT2D eigenvalue weighted by atomic mass is 35.5. The molecule has 1 aromatic heterocycles. The van der Waals surface area contributed by atoms with E-state index in [2.05, 4.69) is 20.5 Å². The summed E-state index contributed by atoms with van der Waals surface area (Å²) in [5.41, 5.74) is 5.02. The molecule has 3 rings (SSSR count). The van der Waals surface area contributed by atoms with Crippen LogP contribution < -0.4 is 23.1 Å². The van der Waals surface area contributed by atoms with Crippen molar-refractivity contribution in [2.24, 2.45) is 5.10 Å². The van der Waals surface area contributed by atoms with Crippen LogP contribution in [0.15, 0.2) is 35.7 Å². The summed E-state index contributed by atoms with van der Waals surface area (Å²) in [5, 5.41) is 6.07. The van der Waals surface area contributed by atoms with Gasteiger partial charge in [0.25, 0.3) is 5.91 Å². The largest absolute Gasteiger partial charge is 1.00 e. The van der Waals surface area contributed by atoms with Gasteiger partial charge in [-0.3, -0.25) is 14.8 Å². The van der Waals surface area contributed by atoms with Crippen LogP contribution in [0.4, 0.5) is 0 Å². The fourth-order valence-electron chi connectivity index (χ4n) is 2.38. The van der Waals surface area contributed by atoms with Gasteiger partial charge in [-0.15, -0.1) is 0 Å². The van der Waals surface area contributed by atoms with Crippen molar-refractivity contribution in [1.82, 2.24) is 15.4 Å². The minimum absolute atomic E-state index is 0. The highest BCUT2D eigenvalue weighted by molar-refractivity contribution is 5.96.